The molecule has 0 atom stereocenters. The normalized spacial score (nSPS) is 11.0. The van der Waals surface area contributed by atoms with Crippen molar-refractivity contribution in [2.24, 2.45) is 0 Å². The molecule has 21 heavy (non-hydrogen) atoms. The number of rotatable bonds is 8. The minimum atomic E-state index is -6.00. The second kappa shape index (κ2) is 11.6. The average Bonchev–Trinajstić information content (AvgIpc) is 2.41. The molecule has 0 fully saturated rings. The SMILES string of the molecule is CCCCCCc1cc[n+](CCCC)cc1.F[B-](F)(F)F. The number of hydrogen-bond donors (Lipinski definition) is 0. The van der Waals surface area contributed by atoms with Gasteiger partial charge < -0.3 is 17.3 Å². The molecule has 1 aromatic heterocycles. The molecule has 0 bridgehead atoms. The Labute approximate surface area is 125 Å². The molecule has 0 aliphatic carbocycles. The fourth-order valence-corrected chi connectivity index (χ4v) is 1.90. The third kappa shape index (κ3) is 15.1. The Morgan fingerprint density at radius 3 is 1.86 bits per heavy atom. The number of aromatic nitrogens is 1. The maximum atomic E-state index is 9.75. The Hall–Kier alpha value is -1.07. The summed E-state index contributed by atoms with van der Waals surface area (Å²) < 4.78 is 41.3. The summed E-state index contributed by atoms with van der Waals surface area (Å²) in [5.41, 5.74) is 1.49. The van der Waals surface area contributed by atoms with Gasteiger partial charge in [-0.1, -0.05) is 39.5 Å². The van der Waals surface area contributed by atoms with Crippen molar-refractivity contribution in [1.29, 1.82) is 0 Å². The summed E-state index contributed by atoms with van der Waals surface area (Å²) in [5.74, 6) is 0. The first-order valence-electron chi connectivity index (χ1n) is 7.72. The zero-order chi connectivity index (χ0) is 16.1. The van der Waals surface area contributed by atoms with Crippen molar-refractivity contribution in [2.75, 3.05) is 0 Å². The van der Waals surface area contributed by atoms with Crippen molar-refractivity contribution in [3.63, 3.8) is 0 Å². The number of halogens is 4. The lowest BCUT2D eigenvalue weighted by molar-refractivity contribution is -0.697. The molecular weight excluding hydrogens is 281 g/mol. The smallest absolute Gasteiger partial charge is 0.418 e. The summed E-state index contributed by atoms with van der Waals surface area (Å²) in [7, 11) is -6.00. The third-order valence-corrected chi connectivity index (χ3v) is 3.05. The summed E-state index contributed by atoms with van der Waals surface area (Å²) in [5, 5.41) is 0. The lowest BCUT2D eigenvalue weighted by Gasteiger charge is -2.00. The quantitative estimate of drug-likeness (QED) is 0.269. The molecular formula is C15H26BF4N. The van der Waals surface area contributed by atoms with Gasteiger partial charge in [0.2, 0.25) is 0 Å². The monoisotopic (exact) mass is 307 g/mol. The van der Waals surface area contributed by atoms with Crippen molar-refractivity contribution in [1.82, 2.24) is 0 Å². The summed E-state index contributed by atoms with van der Waals surface area (Å²) in [4.78, 5) is 0. The number of unbranched alkanes of at least 4 members (excludes halogenated alkanes) is 4. The van der Waals surface area contributed by atoms with E-state index < -0.39 is 7.25 Å². The number of aryl methyl sites for hydroxylation is 2. The zero-order valence-corrected chi connectivity index (χ0v) is 13.0. The van der Waals surface area contributed by atoms with Crippen LogP contribution in [0.2, 0.25) is 0 Å². The van der Waals surface area contributed by atoms with Crippen LogP contribution in [-0.2, 0) is 13.0 Å². The highest BCUT2D eigenvalue weighted by atomic mass is 19.5. The molecule has 0 spiro atoms. The zero-order valence-electron chi connectivity index (χ0n) is 13.0. The first kappa shape index (κ1) is 19.9. The van der Waals surface area contributed by atoms with Crippen molar-refractivity contribution in [2.45, 2.75) is 65.3 Å². The highest BCUT2D eigenvalue weighted by Gasteiger charge is 2.20. The molecule has 0 N–H and O–H groups in total. The van der Waals surface area contributed by atoms with Gasteiger partial charge in [0.15, 0.2) is 12.4 Å². The molecule has 122 valence electrons. The van der Waals surface area contributed by atoms with E-state index in [2.05, 4.69) is 42.9 Å². The molecule has 0 aromatic carbocycles. The number of nitrogens with zero attached hydrogens (tertiary/aromatic N) is 1. The van der Waals surface area contributed by atoms with Crippen molar-refractivity contribution < 1.29 is 21.8 Å². The average molecular weight is 307 g/mol. The lowest BCUT2D eigenvalue weighted by atomic mass is 10.1. The lowest BCUT2D eigenvalue weighted by Crippen LogP contribution is -2.32. The van der Waals surface area contributed by atoms with Gasteiger partial charge in [-0.2, -0.15) is 0 Å². The molecule has 0 saturated carbocycles. The van der Waals surface area contributed by atoms with Gasteiger partial charge in [0.25, 0.3) is 0 Å². The van der Waals surface area contributed by atoms with E-state index in [9.17, 15) is 17.3 Å². The predicted molar refractivity (Wildman–Crippen MR) is 79.6 cm³/mol. The summed E-state index contributed by atoms with van der Waals surface area (Å²) in [6.07, 6.45) is 13.7. The van der Waals surface area contributed by atoms with E-state index in [-0.39, 0.29) is 0 Å². The van der Waals surface area contributed by atoms with E-state index in [0.717, 1.165) is 6.54 Å². The highest BCUT2D eigenvalue weighted by molar-refractivity contribution is 6.50. The molecule has 1 rings (SSSR count). The van der Waals surface area contributed by atoms with Gasteiger partial charge in [0.1, 0.15) is 6.54 Å². The van der Waals surface area contributed by atoms with Crippen molar-refractivity contribution in [3.05, 3.63) is 30.1 Å². The molecule has 0 unspecified atom stereocenters. The predicted octanol–water partition coefficient (Wildman–Crippen LogP) is 5.20. The van der Waals surface area contributed by atoms with Gasteiger partial charge in [-0.05, 0) is 18.4 Å². The second-order valence-electron chi connectivity index (χ2n) is 5.10. The van der Waals surface area contributed by atoms with E-state index in [4.69, 9.17) is 0 Å². The first-order chi connectivity index (χ1) is 9.86. The van der Waals surface area contributed by atoms with Crippen molar-refractivity contribution >= 4 is 7.25 Å². The fraction of sp³-hybridized carbons (Fsp3) is 0.667. The number of pyridine rings is 1. The van der Waals surface area contributed by atoms with Gasteiger partial charge in [0, 0.05) is 18.6 Å². The van der Waals surface area contributed by atoms with E-state index in [1.807, 2.05) is 0 Å². The van der Waals surface area contributed by atoms with Crippen LogP contribution >= 0.6 is 0 Å². The van der Waals surface area contributed by atoms with E-state index in [1.165, 1.54) is 50.5 Å². The van der Waals surface area contributed by atoms with E-state index in [1.54, 1.807) is 0 Å². The minimum Gasteiger partial charge on any atom is -0.418 e. The summed E-state index contributed by atoms with van der Waals surface area (Å²) >= 11 is 0. The van der Waals surface area contributed by atoms with Crippen LogP contribution in [0.3, 0.4) is 0 Å². The Morgan fingerprint density at radius 2 is 1.38 bits per heavy atom. The van der Waals surface area contributed by atoms with Crippen LogP contribution in [0.25, 0.3) is 0 Å². The molecule has 0 amide bonds. The molecule has 6 heteroatoms. The van der Waals surface area contributed by atoms with Gasteiger partial charge in [-0.25, -0.2) is 4.57 Å². The molecule has 1 nitrogen and oxygen atoms in total. The first-order valence-corrected chi connectivity index (χ1v) is 7.72. The van der Waals surface area contributed by atoms with Crippen LogP contribution in [0, 0.1) is 0 Å². The van der Waals surface area contributed by atoms with Gasteiger partial charge in [0.05, 0.1) is 0 Å². The van der Waals surface area contributed by atoms with Crippen LogP contribution in [0.1, 0.15) is 57.9 Å². The van der Waals surface area contributed by atoms with Crippen LogP contribution < -0.4 is 4.57 Å². The Balaban J connectivity index is 0.000000690. The van der Waals surface area contributed by atoms with Crippen LogP contribution in [0.15, 0.2) is 24.5 Å². The van der Waals surface area contributed by atoms with Gasteiger partial charge in [-0.3, -0.25) is 0 Å². The standard InChI is InChI=1S/C15H26N.BF4/c1-3-5-7-8-9-15-10-13-16(14-11-15)12-6-4-2;2-1(3,4)5/h10-11,13-14H,3-9,12H2,1-2H3;/q+1;-1. The Kier molecular flexibility index (Phi) is 11.0. The molecule has 0 saturated heterocycles. The van der Waals surface area contributed by atoms with Crippen LogP contribution in [-0.4, -0.2) is 7.25 Å². The fourth-order valence-electron chi connectivity index (χ4n) is 1.90. The van der Waals surface area contributed by atoms with E-state index in [0.29, 0.717) is 0 Å². The molecule has 0 radical (unpaired) electrons. The Bertz CT molecular complexity index is 346. The third-order valence-electron chi connectivity index (χ3n) is 3.05. The van der Waals surface area contributed by atoms with Crippen molar-refractivity contribution in [3.8, 4) is 0 Å². The number of hydrogen-bond acceptors (Lipinski definition) is 0. The minimum absolute atomic E-state index is 1.16. The molecule has 1 heterocycles. The molecule has 0 aliphatic rings. The highest BCUT2D eigenvalue weighted by Crippen LogP contribution is 2.07. The molecule has 1 aromatic rings. The maximum Gasteiger partial charge on any atom is 0.673 e. The Morgan fingerprint density at radius 1 is 0.857 bits per heavy atom. The van der Waals surface area contributed by atoms with Crippen LogP contribution in [0.4, 0.5) is 17.3 Å². The van der Waals surface area contributed by atoms with Crippen LogP contribution in [0.5, 0.6) is 0 Å². The molecule has 0 aliphatic heterocycles. The maximum absolute atomic E-state index is 9.75. The largest absolute Gasteiger partial charge is 0.673 e. The topological polar surface area (TPSA) is 3.88 Å². The second-order valence-corrected chi connectivity index (χ2v) is 5.10. The summed E-state index contributed by atoms with van der Waals surface area (Å²) in [6, 6.07) is 4.56. The van der Waals surface area contributed by atoms with Gasteiger partial charge >= 0.3 is 7.25 Å². The van der Waals surface area contributed by atoms with Gasteiger partial charge in [-0.15, -0.1) is 0 Å². The summed E-state index contributed by atoms with van der Waals surface area (Å²) in [6.45, 7) is 5.66. The van der Waals surface area contributed by atoms with E-state index >= 15 is 0 Å².